The molecule has 5 aromatic rings. The number of aryl methyl sites for hydroxylation is 1. The molecule has 2 aliphatic heterocycles. The van der Waals surface area contributed by atoms with E-state index >= 15 is 0 Å². The molecule has 10 heteroatoms. The van der Waals surface area contributed by atoms with Crippen LogP contribution in [0.25, 0.3) is 5.76 Å². The largest absolute Gasteiger partial charge is 0.507 e. The number of amides is 1. The molecular formula is C37H31N3O5S2. The summed E-state index contributed by atoms with van der Waals surface area (Å²) in [7, 11) is 0. The first-order valence-electron chi connectivity index (χ1n) is 15.2. The number of benzene rings is 4. The van der Waals surface area contributed by atoms with Gasteiger partial charge in [-0.15, -0.1) is 10.2 Å². The number of nitrogens with zero attached hydrogens (tertiary/aromatic N) is 3. The summed E-state index contributed by atoms with van der Waals surface area (Å²) in [6, 6.07) is 29.7. The molecule has 0 spiro atoms. The Balaban J connectivity index is 1.25. The van der Waals surface area contributed by atoms with Gasteiger partial charge < -0.3 is 14.6 Å². The van der Waals surface area contributed by atoms with Gasteiger partial charge >= 0.3 is 5.91 Å². The Morgan fingerprint density at radius 2 is 1.79 bits per heavy atom. The molecule has 1 fully saturated rings. The van der Waals surface area contributed by atoms with E-state index in [1.54, 1.807) is 18.2 Å². The Labute approximate surface area is 280 Å². The first-order chi connectivity index (χ1) is 22.8. The summed E-state index contributed by atoms with van der Waals surface area (Å²) in [6.45, 7) is 4.37. The Morgan fingerprint density at radius 3 is 2.60 bits per heavy atom. The summed E-state index contributed by atoms with van der Waals surface area (Å²) < 4.78 is 12.6. The minimum Gasteiger partial charge on any atom is -0.507 e. The number of hydrogen-bond donors (Lipinski definition) is 1. The molecule has 0 bridgehead atoms. The lowest BCUT2D eigenvalue weighted by Crippen LogP contribution is -2.29. The molecule has 2 unspecified atom stereocenters. The van der Waals surface area contributed by atoms with Crippen LogP contribution in [0.15, 0.2) is 107 Å². The number of Topliss-reactive ketones (excluding diaryl/α,β-unsaturated/α-hetero) is 1. The van der Waals surface area contributed by atoms with E-state index in [0.29, 0.717) is 40.0 Å². The predicted molar refractivity (Wildman–Crippen MR) is 183 cm³/mol. The number of ether oxygens (including phenoxy) is 2. The van der Waals surface area contributed by atoms with Crippen molar-refractivity contribution in [3.63, 3.8) is 0 Å². The van der Waals surface area contributed by atoms with E-state index in [1.807, 2.05) is 68.4 Å². The minimum absolute atomic E-state index is 0.0158. The lowest BCUT2D eigenvalue weighted by atomic mass is 9.94. The molecule has 0 radical (unpaired) electrons. The van der Waals surface area contributed by atoms with Crippen molar-refractivity contribution < 1.29 is 24.2 Å². The number of ketones is 1. The Hall–Kier alpha value is -4.93. The molecule has 236 valence electrons. The normalized spacial score (nSPS) is 18.3. The van der Waals surface area contributed by atoms with Crippen molar-refractivity contribution in [1.82, 2.24) is 10.2 Å². The lowest BCUT2D eigenvalue weighted by Gasteiger charge is -2.23. The molecule has 0 saturated carbocycles. The number of aliphatic hydroxyl groups is 1. The number of thioether (sulfide) groups is 1. The van der Waals surface area contributed by atoms with Crippen molar-refractivity contribution in [2.24, 2.45) is 0 Å². The fourth-order valence-electron chi connectivity index (χ4n) is 5.77. The van der Waals surface area contributed by atoms with Crippen LogP contribution in [0.1, 0.15) is 46.3 Å². The van der Waals surface area contributed by atoms with Gasteiger partial charge in [-0.05, 0) is 66.4 Å². The van der Waals surface area contributed by atoms with Crippen molar-refractivity contribution in [2.45, 2.75) is 49.1 Å². The molecule has 47 heavy (non-hydrogen) atoms. The van der Waals surface area contributed by atoms with E-state index in [0.717, 1.165) is 22.4 Å². The number of fused-ring (bicyclic) bond motifs is 1. The molecular weight excluding hydrogens is 631 g/mol. The van der Waals surface area contributed by atoms with Gasteiger partial charge in [-0.1, -0.05) is 95.4 Å². The zero-order valence-corrected chi connectivity index (χ0v) is 27.4. The van der Waals surface area contributed by atoms with E-state index < -0.39 is 17.7 Å². The van der Waals surface area contributed by atoms with Crippen LogP contribution in [-0.4, -0.2) is 33.1 Å². The second-order valence-electron chi connectivity index (χ2n) is 11.6. The molecule has 0 aliphatic carbocycles. The van der Waals surface area contributed by atoms with Gasteiger partial charge in [0.05, 0.1) is 11.6 Å². The maximum absolute atomic E-state index is 13.8. The number of aromatic nitrogens is 2. The van der Waals surface area contributed by atoms with Gasteiger partial charge in [-0.25, -0.2) is 0 Å². The number of anilines is 1. The molecule has 1 saturated heterocycles. The Kier molecular flexibility index (Phi) is 8.53. The fourth-order valence-corrected chi connectivity index (χ4v) is 7.60. The third kappa shape index (κ3) is 6.39. The summed E-state index contributed by atoms with van der Waals surface area (Å²) in [5.41, 5.74) is 5.27. The monoisotopic (exact) mass is 661 g/mol. The van der Waals surface area contributed by atoms with Gasteiger partial charge in [0, 0.05) is 17.7 Å². The van der Waals surface area contributed by atoms with Gasteiger partial charge in [0.25, 0.3) is 5.78 Å². The van der Waals surface area contributed by atoms with E-state index in [-0.39, 0.29) is 22.6 Å². The highest BCUT2D eigenvalue weighted by atomic mass is 32.2. The van der Waals surface area contributed by atoms with Gasteiger partial charge in [0.15, 0.2) is 4.34 Å². The van der Waals surface area contributed by atoms with Crippen LogP contribution in [0.2, 0.25) is 0 Å². The molecule has 2 atom stereocenters. The van der Waals surface area contributed by atoms with Crippen LogP contribution in [-0.2, 0) is 28.4 Å². The predicted octanol–water partition coefficient (Wildman–Crippen LogP) is 7.67. The molecule has 3 heterocycles. The SMILES string of the molecule is Cc1ccc(CSc2nnc(N3C(=O)C(=O)C(=C(O)c4ccc5c(c4)CC(C)O5)C3c3cccc(OCc4ccccc4)c3)s2)cc1. The molecule has 2 aliphatic rings. The van der Waals surface area contributed by atoms with Crippen molar-refractivity contribution in [1.29, 1.82) is 0 Å². The number of hydrogen-bond acceptors (Lipinski definition) is 9. The average molecular weight is 662 g/mol. The average Bonchev–Trinajstić information content (AvgIpc) is 3.78. The van der Waals surface area contributed by atoms with Gasteiger partial charge in [0.2, 0.25) is 5.13 Å². The molecule has 1 aromatic heterocycles. The van der Waals surface area contributed by atoms with Gasteiger partial charge in [-0.3, -0.25) is 14.5 Å². The number of aliphatic hydroxyl groups excluding tert-OH is 1. The summed E-state index contributed by atoms with van der Waals surface area (Å²) >= 11 is 2.75. The number of carbonyl (C=O) groups excluding carboxylic acids is 2. The van der Waals surface area contributed by atoms with E-state index in [4.69, 9.17) is 9.47 Å². The van der Waals surface area contributed by atoms with Gasteiger partial charge in [0.1, 0.15) is 30.0 Å². The summed E-state index contributed by atoms with van der Waals surface area (Å²) in [6.07, 6.45) is 0.699. The van der Waals surface area contributed by atoms with Crippen molar-refractivity contribution in [3.8, 4) is 11.5 Å². The maximum atomic E-state index is 13.8. The fraction of sp³-hybridized carbons (Fsp3) is 0.189. The highest BCUT2D eigenvalue weighted by Crippen LogP contribution is 2.45. The standard InChI is InChI=1S/C37H31N3O5S2/c1-22-11-13-25(14-12-22)21-46-37-39-38-36(47-37)40-32(26-9-6-10-29(19-26)44-20-24-7-4-3-5-8-24)31(34(42)35(40)43)33(41)27-15-16-30-28(18-27)17-23(2)45-30/h3-16,18-19,23,32,41H,17,20-21H2,1-2H3. The topological polar surface area (TPSA) is 102 Å². The Bertz CT molecular complexity index is 1990. The molecule has 1 N–H and O–H groups in total. The van der Waals surface area contributed by atoms with Crippen molar-refractivity contribution >= 4 is 45.7 Å². The van der Waals surface area contributed by atoms with Crippen molar-refractivity contribution in [3.05, 3.63) is 136 Å². The highest BCUT2D eigenvalue weighted by molar-refractivity contribution is 8.00. The zero-order chi connectivity index (χ0) is 32.5. The minimum atomic E-state index is -0.957. The quantitative estimate of drug-likeness (QED) is 0.0565. The molecule has 1 amide bonds. The van der Waals surface area contributed by atoms with Crippen LogP contribution < -0.4 is 14.4 Å². The van der Waals surface area contributed by atoms with Crippen LogP contribution in [0.4, 0.5) is 5.13 Å². The first kappa shape index (κ1) is 30.7. The summed E-state index contributed by atoms with van der Waals surface area (Å²) in [5.74, 6) is 0.158. The van der Waals surface area contributed by atoms with Crippen LogP contribution >= 0.6 is 23.1 Å². The molecule has 7 rings (SSSR count). The lowest BCUT2D eigenvalue weighted by molar-refractivity contribution is -0.132. The second-order valence-corrected chi connectivity index (χ2v) is 13.8. The van der Waals surface area contributed by atoms with E-state index in [9.17, 15) is 14.7 Å². The van der Waals surface area contributed by atoms with E-state index in [1.165, 1.54) is 33.6 Å². The zero-order valence-electron chi connectivity index (χ0n) is 25.8. The number of rotatable bonds is 9. The second kappa shape index (κ2) is 13.1. The van der Waals surface area contributed by atoms with Gasteiger partial charge in [-0.2, -0.15) is 0 Å². The molecule has 8 nitrogen and oxygen atoms in total. The van der Waals surface area contributed by atoms with Crippen molar-refractivity contribution in [2.75, 3.05) is 4.90 Å². The number of carbonyl (C=O) groups is 2. The Morgan fingerprint density at radius 1 is 0.979 bits per heavy atom. The first-order valence-corrected chi connectivity index (χ1v) is 17.0. The third-order valence-corrected chi connectivity index (χ3v) is 10.2. The van der Waals surface area contributed by atoms with E-state index in [2.05, 4.69) is 34.5 Å². The van der Waals surface area contributed by atoms with Crippen LogP contribution in [0, 0.1) is 6.92 Å². The summed E-state index contributed by atoms with van der Waals surface area (Å²) in [4.78, 5) is 28.9. The summed E-state index contributed by atoms with van der Waals surface area (Å²) in [5, 5.41) is 20.7. The highest BCUT2D eigenvalue weighted by Gasteiger charge is 2.48. The molecule has 4 aromatic carbocycles. The third-order valence-electron chi connectivity index (χ3n) is 8.12. The maximum Gasteiger partial charge on any atom is 0.301 e. The smallest absolute Gasteiger partial charge is 0.301 e. The van der Waals surface area contributed by atoms with Crippen LogP contribution in [0.5, 0.6) is 11.5 Å². The van der Waals surface area contributed by atoms with Crippen LogP contribution in [0.3, 0.4) is 0 Å².